The van der Waals surface area contributed by atoms with Crippen molar-refractivity contribution in [3.05, 3.63) is 21.9 Å². The number of nitrogens with one attached hydrogen (secondary N) is 1. The Morgan fingerprint density at radius 2 is 2.11 bits per heavy atom. The summed E-state index contributed by atoms with van der Waals surface area (Å²) in [5.74, 6) is -1.24. The largest absolute Gasteiger partial charge is 0.481 e. The molecule has 2 N–H and O–H groups in total. The van der Waals surface area contributed by atoms with Crippen molar-refractivity contribution in [3.8, 4) is 0 Å². The number of thiophene rings is 1. The Bertz CT molecular complexity index is 440. The monoisotopic (exact) mass is 283 g/mol. The Morgan fingerprint density at radius 3 is 2.63 bits per heavy atom. The lowest BCUT2D eigenvalue weighted by Gasteiger charge is -2.15. The molecule has 1 heterocycles. The number of hydrogen-bond donors (Lipinski definition) is 2. The van der Waals surface area contributed by atoms with Crippen LogP contribution in [-0.4, -0.2) is 23.5 Å². The lowest BCUT2D eigenvalue weighted by molar-refractivity contribution is -0.142. The Morgan fingerprint density at radius 1 is 1.42 bits per heavy atom. The molecule has 1 rings (SSSR count). The SMILES string of the molecule is CCc1ccsc1C(=O)NCC(CC(C)C)C(=O)O. The first-order chi connectivity index (χ1) is 8.95. The predicted octanol–water partition coefficient (Wildman–Crippen LogP) is 2.79. The van der Waals surface area contributed by atoms with E-state index in [1.54, 1.807) is 0 Å². The molecule has 19 heavy (non-hydrogen) atoms. The van der Waals surface area contributed by atoms with Gasteiger partial charge in [-0.2, -0.15) is 0 Å². The number of amides is 1. The molecule has 0 bridgehead atoms. The van der Waals surface area contributed by atoms with E-state index in [4.69, 9.17) is 5.11 Å². The molecule has 4 nitrogen and oxygen atoms in total. The second-order valence-electron chi connectivity index (χ2n) is 5.00. The van der Waals surface area contributed by atoms with Gasteiger partial charge >= 0.3 is 5.97 Å². The number of aryl methyl sites for hydroxylation is 1. The van der Waals surface area contributed by atoms with Gasteiger partial charge in [-0.15, -0.1) is 11.3 Å². The molecule has 106 valence electrons. The summed E-state index contributed by atoms with van der Waals surface area (Å²) in [5.41, 5.74) is 1.01. The molecule has 0 saturated heterocycles. The fourth-order valence-electron chi connectivity index (χ4n) is 1.95. The Kier molecular flexibility index (Phi) is 6.02. The molecule has 1 aromatic rings. The van der Waals surface area contributed by atoms with Crippen molar-refractivity contribution in [3.63, 3.8) is 0 Å². The molecule has 0 aromatic carbocycles. The van der Waals surface area contributed by atoms with Crippen LogP contribution in [0.5, 0.6) is 0 Å². The van der Waals surface area contributed by atoms with E-state index in [1.165, 1.54) is 11.3 Å². The number of aliphatic carboxylic acids is 1. The van der Waals surface area contributed by atoms with Gasteiger partial charge in [-0.3, -0.25) is 9.59 Å². The number of rotatable bonds is 7. The fraction of sp³-hybridized carbons (Fsp3) is 0.571. The molecule has 1 aromatic heterocycles. The van der Waals surface area contributed by atoms with Gasteiger partial charge in [0.2, 0.25) is 0 Å². The minimum absolute atomic E-state index is 0.165. The highest BCUT2D eigenvalue weighted by Gasteiger charge is 2.20. The zero-order valence-electron chi connectivity index (χ0n) is 11.6. The fourth-order valence-corrected chi connectivity index (χ4v) is 2.86. The van der Waals surface area contributed by atoms with Crippen LogP contribution in [0.3, 0.4) is 0 Å². The van der Waals surface area contributed by atoms with Gasteiger partial charge < -0.3 is 10.4 Å². The Labute approximate surface area is 117 Å². The molecule has 0 saturated carbocycles. The molecule has 0 radical (unpaired) electrons. The van der Waals surface area contributed by atoms with Crippen molar-refractivity contribution >= 4 is 23.2 Å². The van der Waals surface area contributed by atoms with Crippen LogP contribution in [0.1, 0.15) is 42.4 Å². The second kappa shape index (κ2) is 7.28. The summed E-state index contributed by atoms with van der Waals surface area (Å²) in [6, 6.07) is 1.93. The highest BCUT2D eigenvalue weighted by molar-refractivity contribution is 7.12. The maximum absolute atomic E-state index is 12.0. The molecule has 1 unspecified atom stereocenters. The summed E-state index contributed by atoms with van der Waals surface area (Å²) >= 11 is 1.40. The third-order valence-electron chi connectivity index (χ3n) is 2.95. The zero-order valence-corrected chi connectivity index (χ0v) is 12.4. The van der Waals surface area contributed by atoms with E-state index in [9.17, 15) is 9.59 Å². The van der Waals surface area contributed by atoms with Crippen molar-refractivity contribution in [1.29, 1.82) is 0 Å². The predicted molar refractivity (Wildman–Crippen MR) is 76.6 cm³/mol. The van der Waals surface area contributed by atoms with Gasteiger partial charge in [0.1, 0.15) is 0 Å². The highest BCUT2D eigenvalue weighted by atomic mass is 32.1. The van der Waals surface area contributed by atoms with Crippen molar-refractivity contribution < 1.29 is 14.7 Å². The molecule has 1 atom stereocenters. The molecule has 5 heteroatoms. The van der Waals surface area contributed by atoms with Crippen LogP contribution < -0.4 is 5.32 Å². The topological polar surface area (TPSA) is 66.4 Å². The lowest BCUT2D eigenvalue weighted by Crippen LogP contribution is -2.33. The summed E-state index contributed by atoms with van der Waals surface area (Å²) < 4.78 is 0. The van der Waals surface area contributed by atoms with Crippen LogP contribution in [0.4, 0.5) is 0 Å². The van der Waals surface area contributed by atoms with Gasteiger partial charge in [-0.25, -0.2) is 0 Å². The summed E-state index contributed by atoms with van der Waals surface area (Å²) in [7, 11) is 0. The average Bonchev–Trinajstić information content (AvgIpc) is 2.81. The minimum atomic E-state index is -0.851. The molecule has 0 aliphatic rings. The first kappa shape index (κ1) is 15.7. The number of carboxylic acid groups (broad SMARTS) is 1. The summed E-state index contributed by atoms with van der Waals surface area (Å²) in [4.78, 5) is 23.8. The summed E-state index contributed by atoms with van der Waals surface area (Å²) in [5, 5.41) is 13.7. The van der Waals surface area contributed by atoms with Gasteiger partial charge in [0, 0.05) is 6.54 Å². The lowest BCUT2D eigenvalue weighted by atomic mass is 9.97. The smallest absolute Gasteiger partial charge is 0.308 e. The van der Waals surface area contributed by atoms with Crippen molar-refractivity contribution in [2.24, 2.45) is 11.8 Å². The van der Waals surface area contributed by atoms with E-state index in [0.29, 0.717) is 17.2 Å². The molecule has 0 aliphatic heterocycles. The Hall–Kier alpha value is -1.36. The van der Waals surface area contributed by atoms with E-state index in [-0.39, 0.29) is 12.5 Å². The van der Waals surface area contributed by atoms with E-state index >= 15 is 0 Å². The summed E-state index contributed by atoms with van der Waals surface area (Å²) in [6.45, 7) is 6.14. The van der Waals surface area contributed by atoms with E-state index in [2.05, 4.69) is 5.32 Å². The van der Waals surface area contributed by atoms with Crippen molar-refractivity contribution in [1.82, 2.24) is 5.32 Å². The number of hydrogen-bond acceptors (Lipinski definition) is 3. The Balaban J connectivity index is 2.59. The van der Waals surface area contributed by atoms with Gasteiger partial charge in [0.25, 0.3) is 5.91 Å². The minimum Gasteiger partial charge on any atom is -0.481 e. The summed E-state index contributed by atoms with van der Waals surface area (Å²) in [6.07, 6.45) is 1.38. The van der Waals surface area contributed by atoms with Gasteiger partial charge in [0.15, 0.2) is 0 Å². The molecule has 0 aliphatic carbocycles. The average molecular weight is 283 g/mol. The third kappa shape index (κ3) is 4.67. The molecule has 1 amide bonds. The van der Waals surface area contributed by atoms with Crippen molar-refractivity contribution in [2.75, 3.05) is 6.54 Å². The van der Waals surface area contributed by atoms with Gasteiger partial charge in [-0.1, -0.05) is 20.8 Å². The van der Waals surface area contributed by atoms with Gasteiger partial charge in [0.05, 0.1) is 10.8 Å². The zero-order chi connectivity index (χ0) is 14.4. The maximum atomic E-state index is 12.0. The first-order valence-electron chi connectivity index (χ1n) is 6.53. The third-order valence-corrected chi connectivity index (χ3v) is 3.90. The van der Waals surface area contributed by atoms with E-state index in [1.807, 2.05) is 32.2 Å². The molecular formula is C14H21NO3S. The van der Waals surface area contributed by atoms with Crippen LogP contribution in [0.2, 0.25) is 0 Å². The quantitative estimate of drug-likeness (QED) is 0.808. The standard InChI is InChI=1S/C14H21NO3S/c1-4-10-5-6-19-12(10)13(16)15-8-11(14(17)18)7-9(2)3/h5-6,9,11H,4,7-8H2,1-3H3,(H,15,16)(H,17,18). The van der Waals surface area contributed by atoms with Crippen LogP contribution in [0.25, 0.3) is 0 Å². The molecule has 0 fully saturated rings. The van der Waals surface area contributed by atoms with Crippen LogP contribution in [0.15, 0.2) is 11.4 Å². The van der Waals surface area contributed by atoms with Crippen LogP contribution >= 0.6 is 11.3 Å². The highest BCUT2D eigenvalue weighted by Crippen LogP contribution is 2.17. The number of carbonyl (C=O) groups is 2. The molecule has 0 spiro atoms. The first-order valence-corrected chi connectivity index (χ1v) is 7.41. The normalized spacial score (nSPS) is 12.4. The van der Waals surface area contributed by atoms with Gasteiger partial charge in [-0.05, 0) is 35.8 Å². The number of carbonyl (C=O) groups excluding carboxylic acids is 1. The number of carboxylic acids is 1. The van der Waals surface area contributed by atoms with Crippen LogP contribution in [-0.2, 0) is 11.2 Å². The van der Waals surface area contributed by atoms with Crippen LogP contribution in [0, 0.1) is 11.8 Å². The van der Waals surface area contributed by atoms with E-state index < -0.39 is 11.9 Å². The van der Waals surface area contributed by atoms with E-state index in [0.717, 1.165) is 12.0 Å². The second-order valence-corrected chi connectivity index (χ2v) is 5.92. The molecular weight excluding hydrogens is 262 g/mol. The maximum Gasteiger partial charge on any atom is 0.308 e. The van der Waals surface area contributed by atoms with Crippen molar-refractivity contribution in [2.45, 2.75) is 33.6 Å².